The van der Waals surface area contributed by atoms with E-state index in [9.17, 15) is 4.79 Å². The number of ether oxygens (including phenoxy) is 2. The fourth-order valence-corrected chi connectivity index (χ4v) is 7.69. The first-order chi connectivity index (χ1) is 19.0. The first kappa shape index (κ1) is 33.8. The Labute approximate surface area is 252 Å². The summed E-state index contributed by atoms with van der Waals surface area (Å²) in [6.07, 6.45) is 12.5. The highest BCUT2D eigenvalue weighted by Crippen LogP contribution is 2.45. The predicted octanol–water partition coefficient (Wildman–Crippen LogP) is 9.08. The van der Waals surface area contributed by atoms with Crippen LogP contribution in [0.3, 0.4) is 0 Å². The van der Waals surface area contributed by atoms with Gasteiger partial charge in [-0.15, -0.1) is 0 Å². The summed E-state index contributed by atoms with van der Waals surface area (Å²) in [6.45, 7) is 23.3. The highest BCUT2D eigenvalue weighted by atomic mass is 28.4. The van der Waals surface area contributed by atoms with Gasteiger partial charge in [0.1, 0.15) is 18.5 Å². The van der Waals surface area contributed by atoms with E-state index in [1.807, 2.05) is 30.3 Å². The van der Waals surface area contributed by atoms with E-state index >= 15 is 0 Å². The Balaban J connectivity index is 1.94. The van der Waals surface area contributed by atoms with Crippen LogP contribution in [0, 0.1) is 11.8 Å². The Kier molecular flexibility index (Phi) is 11.3. The van der Waals surface area contributed by atoms with Gasteiger partial charge in [-0.05, 0) is 67.7 Å². The van der Waals surface area contributed by atoms with Gasteiger partial charge in [0.05, 0.1) is 12.2 Å². The molecule has 0 saturated heterocycles. The summed E-state index contributed by atoms with van der Waals surface area (Å²) in [6, 6.07) is 9.95. The number of benzene rings is 1. The molecule has 230 valence electrons. The van der Waals surface area contributed by atoms with Gasteiger partial charge < -0.3 is 18.3 Å². The molecule has 2 aliphatic rings. The lowest BCUT2D eigenvalue weighted by molar-refractivity contribution is -0.151. The summed E-state index contributed by atoms with van der Waals surface area (Å²) in [7, 11) is -4.13. The van der Waals surface area contributed by atoms with Crippen LogP contribution < -0.4 is 4.74 Å². The third-order valence-electron chi connectivity index (χ3n) is 9.69. The molecule has 0 aromatic heterocycles. The van der Waals surface area contributed by atoms with Gasteiger partial charge in [-0.1, -0.05) is 84.0 Å². The molecule has 1 saturated carbocycles. The number of allylic oxidation sites excluding steroid dienone is 2. The molecule has 7 heteroatoms. The van der Waals surface area contributed by atoms with Crippen molar-refractivity contribution in [3.05, 3.63) is 54.6 Å². The molecule has 5 atom stereocenters. The smallest absolute Gasteiger partial charge is 0.306 e. The van der Waals surface area contributed by atoms with Crippen LogP contribution in [0.25, 0.3) is 0 Å². The lowest BCUT2D eigenvalue weighted by atomic mass is 9.89. The molecule has 0 amide bonds. The van der Waals surface area contributed by atoms with E-state index in [0.717, 1.165) is 31.4 Å². The molecule has 0 N–H and O–H groups in total. The number of esters is 1. The summed E-state index contributed by atoms with van der Waals surface area (Å²) < 4.78 is 26.3. The number of para-hydroxylation sites is 1. The molecule has 0 bridgehead atoms. The maximum atomic E-state index is 12.7. The van der Waals surface area contributed by atoms with Gasteiger partial charge in [0.15, 0.2) is 16.6 Å². The minimum Gasteiger partial charge on any atom is -0.491 e. The third-order valence-corrected chi connectivity index (χ3v) is 18.7. The zero-order chi connectivity index (χ0) is 30.5. The molecular weight excluding hydrogens is 545 g/mol. The average molecular weight is 601 g/mol. The Bertz CT molecular complexity index is 1040. The standard InChI is InChI=1S/C34H56O5Si2/c1-33(2,3)40(7,8)38-27(25-36-26-18-14-13-15-19-26)22-23-29-28-20-16-11-12-17-21-32(35)37-30(28)24-31(29)39-41(9,10)34(4,5)6/h11,13-16,18-19,22-23,27-31H,12,17,20-21,24-25H2,1-10H3/b16-11-,23-22+/t27-,28-,29-,30+,31?/m1/s1. The molecule has 1 aliphatic heterocycles. The van der Waals surface area contributed by atoms with Crippen molar-refractivity contribution in [2.45, 2.75) is 128 Å². The number of hydrogen-bond acceptors (Lipinski definition) is 5. The first-order valence-electron chi connectivity index (χ1n) is 15.6. The number of carbonyl (C=O) groups is 1. The van der Waals surface area contributed by atoms with Crippen molar-refractivity contribution in [3.63, 3.8) is 0 Å². The number of carbonyl (C=O) groups excluding carboxylic acids is 1. The monoisotopic (exact) mass is 600 g/mol. The van der Waals surface area contributed by atoms with Gasteiger partial charge in [-0.3, -0.25) is 4.79 Å². The number of hydrogen-bond donors (Lipinski definition) is 0. The largest absolute Gasteiger partial charge is 0.491 e. The van der Waals surface area contributed by atoms with Gasteiger partial charge in [-0.2, -0.15) is 0 Å². The van der Waals surface area contributed by atoms with Gasteiger partial charge in [0.2, 0.25) is 0 Å². The molecule has 1 unspecified atom stereocenters. The third kappa shape index (κ3) is 9.41. The van der Waals surface area contributed by atoms with Crippen LogP contribution >= 0.6 is 0 Å². The molecule has 1 aliphatic carbocycles. The minimum atomic E-state index is -2.07. The quantitative estimate of drug-likeness (QED) is 0.161. The Morgan fingerprint density at radius 3 is 2.27 bits per heavy atom. The zero-order valence-electron chi connectivity index (χ0n) is 27.4. The van der Waals surface area contributed by atoms with E-state index in [2.05, 4.69) is 92.0 Å². The van der Waals surface area contributed by atoms with E-state index in [1.54, 1.807) is 0 Å². The molecule has 5 nitrogen and oxygen atoms in total. The lowest BCUT2D eigenvalue weighted by Gasteiger charge is -2.40. The second-order valence-electron chi connectivity index (χ2n) is 14.9. The van der Waals surface area contributed by atoms with E-state index in [4.69, 9.17) is 18.3 Å². The predicted molar refractivity (Wildman–Crippen MR) is 174 cm³/mol. The van der Waals surface area contributed by atoms with Crippen molar-refractivity contribution >= 4 is 22.6 Å². The van der Waals surface area contributed by atoms with Crippen LogP contribution in [0.1, 0.15) is 73.6 Å². The van der Waals surface area contributed by atoms with Crippen LogP contribution in [0.5, 0.6) is 5.75 Å². The van der Waals surface area contributed by atoms with Gasteiger partial charge in [-0.25, -0.2) is 0 Å². The Hall–Kier alpha value is -1.68. The molecule has 1 fully saturated rings. The number of rotatable bonds is 9. The van der Waals surface area contributed by atoms with E-state index in [-0.39, 0.29) is 46.2 Å². The number of fused-ring (bicyclic) bond motifs is 1. The highest BCUT2D eigenvalue weighted by Gasteiger charge is 2.49. The summed E-state index contributed by atoms with van der Waals surface area (Å²) in [4.78, 5) is 12.7. The Morgan fingerprint density at radius 2 is 1.63 bits per heavy atom. The minimum absolute atomic E-state index is 0.00680. The van der Waals surface area contributed by atoms with Gasteiger partial charge >= 0.3 is 5.97 Å². The summed E-state index contributed by atoms with van der Waals surface area (Å²) in [5.74, 6) is 1.05. The van der Waals surface area contributed by atoms with Crippen molar-refractivity contribution in [2.75, 3.05) is 6.61 Å². The first-order valence-corrected chi connectivity index (χ1v) is 21.4. The van der Waals surface area contributed by atoms with Crippen molar-refractivity contribution < 1.29 is 23.1 Å². The zero-order valence-corrected chi connectivity index (χ0v) is 29.4. The molecule has 1 aromatic carbocycles. The molecule has 1 heterocycles. The van der Waals surface area contributed by atoms with Crippen molar-refractivity contribution in [1.29, 1.82) is 0 Å². The van der Waals surface area contributed by atoms with Gasteiger partial charge in [0.25, 0.3) is 0 Å². The topological polar surface area (TPSA) is 54.0 Å². The van der Waals surface area contributed by atoms with Gasteiger partial charge in [0, 0.05) is 24.7 Å². The van der Waals surface area contributed by atoms with Crippen LogP contribution in [0.4, 0.5) is 0 Å². The fourth-order valence-electron chi connectivity index (χ4n) is 5.07. The van der Waals surface area contributed by atoms with E-state index < -0.39 is 16.6 Å². The molecule has 41 heavy (non-hydrogen) atoms. The van der Waals surface area contributed by atoms with E-state index in [1.165, 1.54) is 0 Å². The maximum absolute atomic E-state index is 12.7. The fraction of sp³-hybridized carbons (Fsp3) is 0.676. The summed E-state index contributed by atoms with van der Waals surface area (Å²) >= 11 is 0. The van der Waals surface area contributed by atoms with Crippen LogP contribution in [-0.2, 0) is 18.4 Å². The van der Waals surface area contributed by atoms with Crippen LogP contribution in [0.2, 0.25) is 36.3 Å². The normalized spacial score (nSPS) is 26.3. The highest BCUT2D eigenvalue weighted by molar-refractivity contribution is 6.74. The van der Waals surface area contributed by atoms with Crippen molar-refractivity contribution in [2.24, 2.45) is 11.8 Å². The summed E-state index contributed by atoms with van der Waals surface area (Å²) in [5.41, 5.74) is 0. The average Bonchev–Trinajstić information content (AvgIpc) is 3.16. The van der Waals surface area contributed by atoms with Crippen molar-refractivity contribution in [1.82, 2.24) is 0 Å². The molecule has 0 spiro atoms. The van der Waals surface area contributed by atoms with Crippen LogP contribution in [0.15, 0.2) is 54.6 Å². The maximum Gasteiger partial charge on any atom is 0.306 e. The van der Waals surface area contributed by atoms with E-state index in [0.29, 0.717) is 13.0 Å². The molecule has 0 radical (unpaired) electrons. The van der Waals surface area contributed by atoms with Crippen molar-refractivity contribution in [3.8, 4) is 5.75 Å². The SMILES string of the molecule is CC(C)(C)[Si](C)(C)OC1C[C@@H]2OC(=O)CCC/C=C\C[C@@H]2[C@H]1/C=C/[C@H](COc1ccccc1)O[Si](C)(C)C(C)(C)C. The lowest BCUT2D eigenvalue weighted by Crippen LogP contribution is -2.45. The molecule has 3 rings (SSSR count). The van der Waals surface area contributed by atoms with Crippen LogP contribution in [-0.4, -0.2) is 47.5 Å². The Morgan fingerprint density at radius 1 is 0.976 bits per heavy atom. The molecule has 1 aromatic rings. The molecular formula is C34H56O5Si2. The second kappa shape index (κ2) is 13.7. The summed E-state index contributed by atoms with van der Waals surface area (Å²) in [5, 5.41) is 0.166. The second-order valence-corrected chi connectivity index (χ2v) is 24.5.